The van der Waals surface area contributed by atoms with Gasteiger partial charge in [0.1, 0.15) is 13.2 Å². The van der Waals surface area contributed by atoms with Gasteiger partial charge in [0.15, 0.2) is 5.60 Å². The molecule has 0 radical (unpaired) electrons. The number of ether oxygens (including phenoxy) is 5. The first-order chi connectivity index (χ1) is 25.8. The van der Waals surface area contributed by atoms with Crippen LogP contribution in [0.15, 0.2) is 22.7 Å². The van der Waals surface area contributed by atoms with Crippen LogP contribution in [0.5, 0.6) is 0 Å². The molecule has 314 valence electrons. The van der Waals surface area contributed by atoms with Crippen molar-refractivity contribution in [2.75, 3.05) is 19.8 Å². The van der Waals surface area contributed by atoms with Crippen molar-refractivity contribution in [1.29, 1.82) is 0 Å². The molecule has 0 amide bonds. The van der Waals surface area contributed by atoms with Crippen LogP contribution in [0.2, 0.25) is 0 Å². The highest BCUT2D eigenvalue weighted by Gasteiger charge is 2.70. The summed E-state index contributed by atoms with van der Waals surface area (Å²) in [4.78, 5) is 37.0. The molecule has 7 aliphatic rings. The highest BCUT2D eigenvalue weighted by Crippen LogP contribution is 2.61. The maximum absolute atomic E-state index is 14.4. The number of aliphatic hydroxyl groups excluding tert-OH is 1. The van der Waals surface area contributed by atoms with Gasteiger partial charge in [0.2, 0.25) is 23.6 Å². The zero-order valence-corrected chi connectivity index (χ0v) is 31.4. The number of fused-ring (bicyclic) bond motifs is 3. The van der Waals surface area contributed by atoms with Gasteiger partial charge in [-0.2, -0.15) is 26.3 Å². The zero-order valence-electron chi connectivity index (χ0n) is 31.4. The molecule has 5 heterocycles. The number of allylic oxidation sites excluding steroid dienone is 2. The Kier molecular flexibility index (Phi) is 13.5. The van der Waals surface area contributed by atoms with Crippen molar-refractivity contribution in [2.24, 2.45) is 41.4 Å². The Morgan fingerprint density at radius 1 is 0.855 bits per heavy atom. The van der Waals surface area contributed by atoms with Crippen molar-refractivity contribution in [3.8, 4) is 0 Å². The minimum absolute atomic E-state index is 0.0463. The van der Waals surface area contributed by atoms with Gasteiger partial charge in [-0.1, -0.05) is 13.8 Å². The summed E-state index contributed by atoms with van der Waals surface area (Å²) in [5.74, 6) is -7.85. The number of carbonyl (C=O) groups is 2. The van der Waals surface area contributed by atoms with E-state index in [1.54, 1.807) is 6.92 Å². The molecule has 18 heteroatoms. The third-order valence-electron chi connectivity index (χ3n) is 12.7. The molecule has 0 aromatic carbocycles. The van der Waals surface area contributed by atoms with E-state index in [0.717, 1.165) is 12.8 Å². The van der Waals surface area contributed by atoms with Crippen LogP contribution in [0.4, 0.5) is 26.3 Å². The van der Waals surface area contributed by atoms with Crippen LogP contribution in [0, 0.1) is 41.4 Å². The molecule has 6 fully saturated rings. The molecular formula is C37H52F6O12. The lowest BCUT2D eigenvalue weighted by Crippen LogP contribution is -2.67. The molecule has 0 aromatic rings. The Balaban J connectivity index is 0.00000285. The molecule has 2 saturated carbocycles. The Hall–Kier alpha value is -2.64. The van der Waals surface area contributed by atoms with Crippen molar-refractivity contribution >= 4 is 11.9 Å². The number of rotatable bonds is 9. The number of alkyl halides is 6. The summed E-state index contributed by atoms with van der Waals surface area (Å²) in [6.45, 7) is 6.28. The molecule has 55 heavy (non-hydrogen) atoms. The maximum Gasteiger partial charge on any atom is 0.449 e. The molecule has 2 aliphatic carbocycles. The van der Waals surface area contributed by atoms with Gasteiger partial charge in [0, 0.05) is 42.2 Å². The fraction of sp³-hybridized carbons (Fsp3) is 0.838. The van der Waals surface area contributed by atoms with Crippen molar-refractivity contribution in [3.63, 3.8) is 0 Å². The van der Waals surface area contributed by atoms with E-state index in [9.17, 15) is 41.0 Å². The van der Waals surface area contributed by atoms with Crippen LogP contribution in [-0.4, -0.2) is 83.5 Å². The SMILES string of the molecule is C[C@@H]1CC[C@@H](/C(COC(=O)CCCC(=O)OCC2=C(C(F)(F)F)O[C@@H]3OC4(C)CCC5[C@H](C)CC[C@@H]2[C@]53OO4)=C(\O)C(F)(F)F)C2CO[C@@H](C)CCC21.OO. The molecule has 12 nitrogen and oxygen atoms in total. The van der Waals surface area contributed by atoms with Crippen LogP contribution >= 0.6 is 0 Å². The average molecular weight is 803 g/mol. The number of halogens is 6. The lowest BCUT2D eigenvalue weighted by Gasteiger charge is -2.57. The smallest absolute Gasteiger partial charge is 0.449 e. The summed E-state index contributed by atoms with van der Waals surface area (Å²) in [7, 11) is 0. The summed E-state index contributed by atoms with van der Waals surface area (Å²) >= 11 is 0. The number of carbonyl (C=O) groups excluding carboxylic acids is 2. The second-order valence-corrected chi connectivity index (χ2v) is 16.1. The lowest BCUT2D eigenvalue weighted by atomic mass is 9.59. The Morgan fingerprint density at radius 3 is 2.20 bits per heavy atom. The minimum Gasteiger partial charge on any atom is -0.504 e. The molecular weight excluding hydrogens is 750 g/mol. The van der Waals surface area contributed by atoms with Crippen LogP contribution < -0.4 is 0 Å². The van der Waals surface area contributed by atoms with E-state index in [0.29, 0.717) is 32.1 Å². The topological polar surface area (TPSA) is 159 Å². The number of aliphatic hydroxyl groups is 1. The van der Waals surface area contributed by atoms with E-state index in [-0.39, 0.29) is 73.6 Å². The van der Waals surface area contributed by atoms with Gasteiger partial charge in [-0.3, -0.25) is 20.1 Å². The Labute approximate surface area is 315 Å². The first-order valence-corrected chi connectivity index (χ1v) is 19.0. The maximum atomic E-state index is 14.4. The van der Waals surface area contributed by atoms with Gasteiger partial charge in [-0.25, -0.2) is 9.78 Å². The first-order valence-electron chi connectivity index (χ1n) is 19.0. The number of hydrogen-bond donors (Lipinski definition) is 3. The van der Waals surface area contributed by atoms with E-state index in [1.807, 2.05) is 13.8 Å². The van der Waals surface area contributed by atoms with Gasteiger partial charge < -0.3 is 28.8 Å². The van der Waals surface area contributed by atoms with E-state index in [2.05, 4.69) is 6.92 Å². The fourth-order valence-electron chi connectivity index (χ4n) is 9.82. The molecule has 4 unspecified atom stereocenters. The summed E-state index contributed by atoms with van der Waals surface area (Å²) in [5.41, 5.74) is -2.06. The first kappa shape index (κ1) is 43.5. The predicted molar refractivity (Wildman–Crippen MR) is 177 cm³/mol. The molecule has 2 bridgehead atoms. The molecule has 11 atom stereocenters. The molecule has 1 spiro atoms. The fourth-order valence-corrected chi connectivity index (χ4v) is 9.82. The van der Waals surface area contributed by atoms with Crippen LogP contribution in [0.3, 0.4) is 0 Å². The monoisotopic (exact) mass is 802 g/mol. The van der Waals surface area contributed by atoms with Gasteiger partial charge >= 0.3 is 24.3 Å². The van der Waals surface area contributed by atoms with Crippen molar-refractivity contribution in [1.82, 2.24) is 0 Å². The highest BCUT2D eigenvalue weighted by atomic mass is 19.4. The van der Waals surface area contributed by atoms with Crippen LogP contribution in [-0.2, 0) is 43.0 Å². The lowest BCUT2D eigenvalue weighted by molar-refractivity contribution is -0.557. The van der Waals surface area contributed by atoms with Gasteiger partial charge in [0.25, 0.3) is 0 Å². The standard InChI is InChI=1S/C37H50F6O10.H2O2/c1-19-8-11-23(24-16-47-21(3)10-12-22(19)24)25(31(46)36(38,39)40)17-48-29(44)6-5-7-30(45)49-18-26-28-13-9-20(2)27-14-15-34(4)51-33(35(27,28)53-52-34)50-32(26)37(41,42)43;1-2/h19-24,27-28,33,46H,5-18H2,1-4H3;1-2H/b31-25-;/t19-,20-,21+,22?,23-,24?,27?,28+,33-,34?,35-;/m1./s1. The third-order valence-corrected chi connectivity index (χ3v) is 12.7. The van der Waals surface area contributed by atoms with Gasteiger partial charge in [-0.15, -0.1) is 0 Å². The average Bonchev–Trinajstić information content (AvgIpc) is 3.48. The molecule has 5 aliphatic heterocycles. The van der Waals surface area contributed by atoms with E-state index >= 15 is 0 Å². The summed E-state index contributed by atoms with van der Waals surface area (Å²) < 4.78 is 113. The quantitative estimate of drug-likeness (QED) is 0.0676. The Morgan fingerprint density at radius 2 is 1.53 bits per heavy atom. The number of esters is 2. The predicted octanol–water partition coefficient (Wildman–Crippen LogP) is 8.17. The summed E-state index contributed by atoms with van der Waals surface area (Å²) in [6.07, 6.45) is -7.89. The van der Waals surface area contributed by atoms with Crippen LogP contribution in [0.25, 0.3) is 0 Å². The normalized spacial score (nSPS) is 37.8. The second kappa shape index (κ2) is 17.1. The van der Waals surface area contributed by atoms with E-state index < -0.39 is 84.1 Å². The molecule has 3 N–H and O–H groups in total. The molecule has 4 saturated heterocycles. The number of hydrogen-bond acceptors (Lipinski definition) is 12. The Bertz CT molecular complexity index is 1450. The van der Waals surface area contributed by atoms with Gasteiger partial charge in [0.05, 0.1) is 12.7 Å². The summed E-state index contributed by atoms with van der Waals surface area (Å²) in [6, 6.07) is 0. The highest BCUT2D eigenvalue weighted by molar-refractivity contribution is 5.72. The van der Waals surface area contributed by atoms with Crippen molar-refractivity contribution in [2.45, 2.75) is 134 Å². The third kappa shape index (κ3) is 9.09. The minimum atomic E-state index is -5.05. The van der Waals surface area contributed by atoms with E-state index in [4.69, 9.17) is 44.0 Å². The van der Waals surface area contributed by atoms with Gasteiger partial charge in [-0.05, 0) is 94.8 Å². The van der Waals surface area contributed by atoms with Crippen molar-refractivity contribution in [3.05, 3.63) is 22.7 Å². The second-order valence-electron chi connectivity index (χ2n) is 16.1. The molecule has 0 aromatic heterocycles. The van der Waals surface area contributed by atoms with Crippen LogP contribution in [0.1, 0.15) is 98.3 Å². The largest absolute Gasteiger partial charge is 0.504 e. The molecule has 7 rings (SSSR count). The van der Waals surface area contributed by atoms with E-state index in [1.165, 1.54) is 0 Å². The zero-order chi connectivity index (χ0) is 40.5. The van der Waals surface area contributed by atoms with Crippen molar-refractivity contribution < 1.29 is 85.0 Å². The summed E-state index contributed by atoms with van der Waals surface area (Å²) in [5, 5.41) is 22.3.